The number of nitrogens with two attached hydrogens (primary N) is 3. The van der Waals surface area contributed by atoms with E-state index in [1.165, 1.54) is 40.8 Å². The second-order valence-electron chi connectivity index (χ2n) is 21.6. The molecule has 462 valence electrons. The van der Waals surface area contributed by atoms with Crippen LogP contribution in [0.15, 0.2) is 48.8 Å². The van der Waals surface area contributed by atoms with Crippen molar-refractivity contribution < 1.29 is 75.4 Å². The van der Waals surface area contributed by atoms with Gasteiger partial charge in [-0.15, -0.1) is 0 Å². The number of aryl methyl sites for hydroxylation is 4. The van der Waals surface area contributed by atoms with E-state index in [0.717, 1.165) is 9.13 Å². The molecule has 6 aliphatic heterocycles. The van der Waals surface area contributed by atoms with Gasteiger partial charge in [-0.1, -0.05) is 13.8 Å². The average Bonchev–Trinajstić information content (AvgIpc) is 1.75. The summed E-state index contributed by atoms with van der Waals surface area (Å²) in [7, 11) is -13.2. The Morgan fingerprint density at radius 3 is 1.52 bits per heavy atom. The highest BCUT2D eigenvalue weighted by molar-refractivity contribution is 8.48. The fourth-order valence-electron chi connectivity index (χ4n) is 11.3. The third-order valence-electron chi connectivity index (χ3n) is 16.1. The molecule has 32 nitrogen and oxygen atoms in total. The van der Waals surface area contributed by atoms with Gasteiger partial charge >= 0.3 is 44.2 Å². The largest absolute Gasteiger partial charge is 0.476 e. The lowest BCUT2D eigenvalue weighted by Gasteiger charge is -2.36. The lowest BCUT2D eigenvalue weighted by atomic mass is 9.94. The van der Waals surface area contributed by atoms with Crippen molar-refractivity contribution in [1.29, 1.82) is 0 Å². The Labute approximate surface area is 494 Å². The van der Waals surface area contributed by atoms with Gasteiger partial charge in [-0.2, -0.15) is 56.8 Å². The van der Waals surface area contributed by atoms with Gasteiger partial charge in [0.05, 0.1) is 61.2 Å². The van der Waals surface area contributed by atoms with Crippen LogP contribution in [-0.2, 0) is 55.6 Å². The molecule has 6 fully saturated rings. The van der Waals surface area contributed by atoms with Crippen LogP contribution < -0.4 is 45.5 Å². The Balaban J connectivity index is 0.904. The van der Waals surface area contributed by atoms with E-state index in [4.69, 9.17) is 72.8 Å². The summed E-state index contributed by atoms with van der Waals surface area (Å²) >= 11 is 13.4. The number of aliphatic hydroxyl groups excluding tert-OH is 1. The van der Waals surface area contributed by atoms with E-state index in [2.05, 4.69) is 56.7 Å². The summed E-state index contributed by atoms with van der Waals surface area (Å²) in [5, 5.41) is 11.3. The molecule has 10 heterocycles. The molecular weight excluding hydrogens is 1230 g/mol. The lowest BCUT2D eigenvalue weighted by molar-refractivity contribution is -0.218. The summed E-state index contributed by atoms with van der Waals surface area (Å²) in [6, 6.07) is 0. The van der Waals surface area contributed by atoms with Crippen molar-refractivity contribution in [2.24, 2.45) is 5.92 Å². The minimum Gasteiger partial charge on any atom is -0.390 e. The third kappa shape index (κ3) is 11.8. The molecule has 4 aromatic heterocycles. The Morgan fingerprint density at radius 2 is 1.06 bits per heavy atom. The van der Waals surface area contributed by atoms with E-state index >= 15 is 0 Å². The molecule has 6 saturated heterocycles. The van der Waals surface area contributed by atoms with Crippen LogP contribution in [0, 0.1) is 33.6 Å². The number of nitrogen functional groups attached to an aromatic ring is 3. The molecule has 0 radical (unpaired) electrons. The maximum atomic E-state index is 13.5. The van der Waals surface area contributed by atoms with Crippen molar-refractivity contribution in [3.8, 4) is 0 Å². The summed E-state index contributed by atoms with van der Waals surface area (Å²) < 4.78 is 80.0. The molecule has 11 N–H and O–H groups in total. The number of aromatic amines is 1. The van der Waals surface area contributed by atoms with Gasteiger partial charge < -0.3 is 50.7 Å². The fourth-order valence-corrected chi connectivity index (χ4v) is 15.8. The fraction of sp³-hybridized carbons (Fsp3) is 0.652. The first kappa shape index (κ1) is 63.4. The van der Waals surface area contributed by atoms with Crippen LogP contribution in [0.5, 0.6) is 0 Å². The second-order valence-corrected chi connectivity index (χ2v) is 30.5. The van der Waals surface area contributed by atoms with E-state index in [1.54, 1.807) is 48.5 Å². The molecule has 4 aromatic rings. The highest BCUT2D eigenvalue weighted by atomic mass is 32.7. The number of fused-ring (bicyclic) bond motifs is 4. The third-order valence-corrected chi connectivity index (χ3v) is 20.9. The quantitative estimate of drug-likeness (QED) is 0.0434. The van der Waals surface area contributed by atoms with Gasteiger partial charge in [0.1, 0.15) is 74.1 Å². The minimum atomic E-state index is -4.57. The van der Waals surface area contributed by atoms with Gasteiger partial charge in [-0.05, 0) is 48.0 Å². The number of thiol groups is 3. The van der Waals surface area contributed by atoms with Gasteiger partial charge in [-0.25, -0.2) is 19.2 Å². The van der Waals surface area contributed by atoms with Gasteiger partial charge in [0.15, 0.2) is 35.9 Å². The maximum Gasteiger partial charge on any atom is 0.476 e. The number of aromatic nitrogens is 8. The molecule has 10 rings (SSSR count). The number of hydrogen-bond acceptors (Lipinski definition) is 30. The van der Waals surface area contributed by atoms with Crippen LogP contribution >= 0.6 is 58.2 Å². The van der Waals surface area contributed by atoms with E-state index in [-0.39, 0.29) is 29.4 Å². The first-order chi connectivity index (χ1) is 39.3. The number of anilines is 3. The van der Waals surface area contributed by atoms with Gasteiger partial charge in [-0.3, -0.25) is 28.0 Å². The molecule has 0 aliphatic carbocycles. The average molecular weight is 1300 g/mol. The highest BCUT2D eigenvalue weighted by Crippen LogP contribution is 2.71. The summed E-state index contributed by atoms with van der Waals surface area (Å²) in [6.45, 7) is 11.1. The van der Waals surface area contributed by atoms with E-state index in [9.17, 15) is 43.8 Å². The van der Waals surface area contributed by atoms with Crippen molar-refractivity contribution in [2.75, 3.05) is 37.0 Å². The van der Waals surface area contributed by atoms with Gasteiger partial charge in [0, 0.05) is 59.4 Å². The Kier molecular flexibility index (Phi) is 17.7. The van der Waals surface area contributed by atoms with E-state index < -0.39 is 173 Å². The molecule has 38 heteroatoms. The van der Waals surface area contributed by atoms with Gasteiger partial charge in [0.25, 0.3) is 5.56 Å². The second kappa shape index (κ2) is 23.4. The summed E-state index contributed by atoms with van der Waals surface area (Å²) in [5.41, 5.74) is 11.9. The molecule has 0 aromatic carbocycles. The number of hydrogen-bond donors (Lipinski definition) is 11. The van der Waals surface area contributed by atoms with Crippen LogP contribution in [0.3, 0.4) is 0 Å². The molecule has 7 unspecified atom stereocenters. The van der Waals surface area contributed by atoms with Gasteiger partial charge in [0.2, 0.25) is 0 Å². The van der Waals surface area contributed by atoms with E-state index in [0.29, 0.717) is 23.1 Å². The standard InChI is InChI=1S/C46H64N11O21P3S3/c1-9-25-26(10-28(72-25)54-14-21(5)37(59)53-44(54)63)76-80(65,83)68-16-45-23(7)71-31(40(74-45)57-13-20(4)36(49)52-43(57)62)33(45)78-81(66,84)69-17-46-24(8)70-30(39(75-46)56-12-19(3)35(48)51-42(56)61)32(46)77-79(64,82)67-15-27-29(58)22(6)38(73-27)55-11-18(2)34(47)50-41(55)60/h11-14,22-33,38-40,58,64-66,82-84H,9-10,15-17H2,1-8H3,(H4-3,47,48,49,50,51,52,53,59,60,61,62,63)/p+3/t22-,23-,24-,25+,26?,27+,28+,29?,30-,31-,32?,33?,38+,39+,40+,45-,46-,79?,80?,81?/m0/s1. The van der Waals surface area contributed by atoms with Crippen molar-refractivity contribution in [3.05, 3.63) is 99.3 Å². The van der Waals surface area contributed by atoms with Crippen LogP contribution in [0.4, 0.5) is 17.5 Å². The van der Waals surface area contributed by atoms with Crippen LogP contribution in [-0.4, -0.2) is 150 Å². The summed E-state index contributed by atoms with van der Waals surface area (Å²) in [6.07, 6.45) is -10.1. The Hall–Kier alpha value is -3.58. The molecule has 84 heavy (non-hydrogen) atoms. The number of H-pyrrole nitrogens is 1. The molecular formula is C46H67N11O21P3S3+3. The predicted molar refractivity (Wildman–Crippen MR) is 308 cm³/mol. The number of rotatable bonds is 20. The Morgan fingerprint density at radius 1 is 0.631 bits per heavy atom. The molecule has 4 bridgehead atoms. The zero-order chi connectivity index (χ0) is 61.1. The molecule has 0 saturated carbocycles. The molecule has 0 amide bonds. The Bertz CT molecular complexity index is 3490. The maximum absolute atomic E-state index is 13.5. The SMILES string of the molecule is CC[C@H]1O[C@@H](n2cc(C)c(=O)[nH]c2=O)CC1O[P+](O)(S)OC[C@]12O[C@@H](n3cc(C)c(N)nc3=O)[C@@H](O[C@H]1C)C2O[P+](O)(S)OC[C@]12O[C@@H](n3cc(C)c(N)nc3=O)[C@@H](O[C@H]1C)C2O[P+](O)(S)OC[C@H]1O[C@@H](n2cc(C)c(N)nc2=O)[C@@H](C)C1O. The predicted octanol–water partition coefficient (Wildman–Crippen LogP) is 0.994. The summed E-state index contributed by atoms with van der Waals surface area (Å²) in [4.78, 5) is 115. The van der Waals surface area contributed by atoms with Crippen LogP contribution in [0.2, 0.25) is 0 Å². The lowest BCUT2D eigenvalue weighted by Crippen LogP contribution is -2.52. The van der Waals surface area contributed by atoms with Crippen molar-refractivity contribution in [1.82, 2.24) is 38.2 Å². The normalized spacial score (nSPS) is 35.6. The van der Waals surface area contributed by atoms with Crippen LogP contribution in [0.25, 0.3) is 0 Å². The zero-order valence-electron chi connectivity index (χ0n) is 46.3. The topological polar surface area (TPSA) is 429 Å². The smallest absolute Gasteiger partial charge is 0.390 e. The van der Waals surface area contributed by atoms with Crippen molar-refractivity contribution in [3.63, 3.8) is 0 Å². The van der Waals surface area contributed by atoms with E-state index in [1.807, 2.05) is 0 Å². The highest BCUT2D eigenvalue weighted by Gasteiger charge is 2.74. The monoisotopic (exact) mass is 1300 g/mol. The number of ether oxygens (including phenoxy) is 6. The van der Waals surface area contributed by atoms with Crippen molar-refractivity contribution >= 4 is 75.6 Å². The number of aliphatic hydroxyl groups is 1. The zero-order valence-corrected chi connectivity index (χ0v) is 51.6. The first-order valence-corrected chi connectivity index (χ1v) is 34.5. The van der Waals surface area contributed by atoms with Crippen molar-refractivity contribution in [2.45, 2.75) is 165 Å². The minimum absolute atomic E-state index is 0.0270. The molecule has 6 aliphatic rings. The molecule has 20 atom stereocenters. The number of nitrogens with zero attached hydrogens (tertiary/aromatic N) is 7. The summed E-state index contributed by atoms with van der Waals surface area (Å²) in [5.74, 6) is -0.761. The number of nitrogens with one attached hydrogen (secondary N) is 1. The van der Waals surface area contributed by atoms with Crippen LogP contribution in [0.1, 0.15) is 87.7 Å². The molecule has 0 spiro atoms. The first-order valence-electron chi connectivity index (χ1n) is 26.3.